The van der Waals surface area contributed by atoms with Crippen LogP contribution in [-0.4, -0.2) is 34.9 Å². The second-order valence-electron chi connectivity index (χ2n) is 15.1. The summed E-state index contributed by atoms with van der Waals surface area (Å²) in [7, 11) is 0. The Bertz CT molecular complexity index is 3650. The highest BCUT2D eigenvalue weighted by Crippen LogP contribution is 2.29. The first-order chi connectivity index (χ1) is 42.5. The summed E-state index contributed by atoms with van der Waals surface area (Å²) in [5, 5.41) is 1.54. The first-order valence-corrected chi connectivity index (χ1v) is 37.3. The third-order valence-corrected chi connectivity index (χ3v) is 18.3. The van der Waals surface area contributed by atoms with E-state index in [0.29, 0.717) is 10.6 Å². The molecule has 0 saturated carbocycles. The molecule has 1 atom stereocenters. The van der Waals surface area contributed by atoms with Crippen LogP contribution >= 0.6 is 134 Å². The number of aromatic nitrogens is 7. The average Bonchev–Trinajstić information content (AvgIpc) is 4.60. The number of benzene rings is 7. The molecular formula is C67H79Br2Cl2F2N7S7. The summed E-state index contributed by atoms with van der Waals surface area (Å²) >= 11 is 29.5. The van der Waals surface area contributed by atoms with Crippen LogP contribution in [0.5, 0.6) is 0 Å². The maximum atomic E-state index is 12.8. The topological polar surface area (TPSA) is 90.2 Å². The number of hydrogen-bond acceptors (Lipinski definition) is 14. The molecule has 7 heterocycles. The highest BCUT2D eigenvalue weighted by Gasteiger charge is 2.05. The van der Waals surface area contributed by atoms with Crippen molar-refractivity contribution >= 4 is 206 Å². The molecule has 466 valence electrons. The lowest BCUT2D eigenvalue weighted by Crippen LogP contribution is -1.89. The van der Waals surface area contributed by atoms with E-state index in [1.807, 2.05) is 186 Å². The predicted molar refractivity (Wildman–Crippen MR) is 401 cm³/mol. The maximum Gasteiger partial charge on any atom is 0.142 e. The minimum atomic E-state index is -0.224. The number of rotatable bonds is 2. The predicted octanol–water partition coefficient (Wildman–Crippen LogP) is 27.9. The quantitative estimate of drug-likeness (QED) is 0.170. The van der Waals surface area contributed by atoms with Gasteiger partial charge in [-0.05, 0) is 131 Å². The molecule has 7 aromatic heterocycles. The fraction of sp³-hybridized carbons (Fsp3) is 0.269. The molecule has 0 aliphatic rings. The Labute approximate surface area is 569 Å². The van der Waals surface area contributed by atoms with Crippen molar-refractivity contribution in [1.82, 2.24) is 34.9 Å². The van der Waals surface area contributed by atoms with Gasteiger partial charge in [-0.1, -0.05) is 174 Å². The minimum absolute atomic E-state index is 0.181. The van der Waals surface area contributed by atoms with Gasteiger partial charge in [-0.15, -0.1) is 79.4 Å². The number of hydrogen-bond donors (Lipinski definition) is 0. The van der Waals surface area contributed by atoms with Gasteiger partial charge in [0.25, 0.3) is 0 Å². The van der Waals surface area contributed by atoms with Crippen LogP contribution in [-0.2, 0) is 0 Å². The van der Waals surface area contributed by atoms with E-state index in [-0.39, 0.29) is 11.6 Å². The third-order valence-electron chi connectivity index (χ3n) is 10.3. The van der Waals surface area contributed by atoms with Gasteiger partial charge in [-0.25, -0.2) is 43.7 Å². The van der Waals surface area contributed by atoms with Crippen LogP contribution in [0.15, 0.2) is 175 Å². The van der Waals surface area contributed by atoms with Gasteiger partial charge in [0.05, 0.1) is 115 Å². The van der Waals surface area contributed by atoms with Crippen molar-refractivity contribution < 1.29 is 8.78 Å². The van der Waals surface area contributed by atoms with Gasteiger partial charge < -0.3 is 0 Å². The Kier molecular flexibility index (Phi) is 44.3. The summed E-state index contributed by atoms with van der Waals surface area (Å²) in [5.41, 5.74) is 20.7. The SMILES string of the molecule is Brc1ccc2scnc2c1.Brc1cccc2ncsc12.CC.CC.CC.CC.CC.CC.CC.CCC(C)c1ccc2scnc2c1.Clc1ccc2scnc2c1.Clc1cccc2ncsc12.Fc1ccc2scnc2c1.Fc1cccc2ncsc12. The average molecular weight is 1480 g/mol. The molecule has 0 radical (unpaired) electrons. The lowest BCUT2D eigenvalue weighted by atomic mass is 9.99. The maximum absolute atomic E-state index is 12.8. The molecule has 0 bridgehead atoms. The summed E-state index contributed by atoms with van der Waals surface area (Å²) in [6, 6.07) is 39.7. The fourth-order valence-corrected chi connectivity index (χ4v) is 12.6. The van der Waals surface area contributed by atoms with Crippen LogP contribution in [0.3, 0.4) is 0 Å². The Balaban J connectivity index is 0.000000491. The highest BCUT2D eigenvalue weighted by molar-refractivity contribution is 9.11. The summed E-state index contributed by atoms with van der Waals surface area (Å²) in [6.45, 7) is 32.5. The largest absolute Gasteiger partial charge is 0.245 e. The fourth-order valence-electron chi connectivity index (χ4n) is 6.46. The van der Waals surface area contributed by atoms with Gasteiger partial charge in [0, 0.05) is 20.0 Å². The van der Waals surface area contributed by atoms with Crippen molar-refractivity contribution in [2.75, 3.05) is 0 Å². The molecule has 20 heteroatoms. The molecule has 0 amide bonds. The second kappa shape index (κ2) is 48.1. The van der Waals surface area contributed by atoms with E-state index < -0.39 is 0 Å². The van der Waals surface area contributed by atoms with Crippen molar-refractivity contribution in [2.45, 2.75) is 123 Å². The molecule has 0 aliphatic heterocycles. The van der Waals surface area contributed by atoms with Gasteiger partial charge in [0.1, 0.15) is 11.6 Å². The molecule has 14 aromatic rings. The molecular weight excluding hydrogens is 1400 g/mol. The highest BCUT2D eigenvalue weighted by atomic mass is 79.9. The molecule has 0 aliphatic carbocycles. The summed E-state index contributed by atoms with van der Waals surface area (Å²) in [6.07, 6.45) is 1.19. The van der Waals surface area contributed by atoms with Crippen molar-refractivity contribution in [3.63, 3.8) is 0 Å². The summed E-state index contributed by atoms with van der Waals surface area (Å²) < 4.78 is 35.2. The second-order valence-corrected chi connectivity index (χ2v) is 23.8. The lowest BCUT2D eigenvalue weighted by molar-refractivity contribution is 0.629. The van der Waals surface area contributed by atoms with E-state index in [0.717, 1.165) is 67.0 Å². The zero-order chi connectivity index (χ0) is 65.1. The zero-order valence-electron chi connectivity index (χ0n) is 52.2. The molecule has 0 saturated heterocycles. The van der Waals surface area contributed by atoms with Crippen LogP contribution in [0, 0.1) is 11.6 Å². The number of thiazole rings is 7. The zero-order valence-corrected chi connectivity index (χ0v) is 62.6. The third kappa shape index (κ3) is 27.0. The lowest BCUT2D eigenvalue weighted by Gasteiger charge is -2.07. The van der Waals surface area contributed by atoms with E-state index in [4.69, 9.17) is 23.2 Å². The van der Waals surface area contributed by atoms with E-state index >= 15 is 0 Å². The summed E-state index contributed by atoms with van der Waals surface area (Å²) in [5.74, 6) is 0.240. The van der Waals surface area contributed by atoms with E-state index in [1.54, 1.807) is 91.4 Å². The molecule has 14 rings (SSSR count). The molecule has 7 nitrogen and oxygen atoms in total. The van der Waals surface area contributed by atoms with Crippen LogP contribution in [0.4, 0.5) is 8.78 Å². The van der Waals surface area contributed by atoms with Crippen LogP contribution in [0.2, 0.25) is 10.0 Å². The molecule has 0 N–H and O–H groups in total. The van der Waals surface area contributed by atoms with Gasteiger partial charge in [-0.3, -0.25) is 0 Å². The minimum Gasteiger partial charge on any atom is -0.245 e. The molecule has 0 spiro atoms. The molecule has 0 fully saturated rings. The van der Waals surface area contributed by atoms with Crippen molar-refractivity contribution in [1.29, 1.82) is 0 Å². The Morgan fingerprint density at radius 3 is 1.26 bits per heavy atom. The summed E-state index contributed by atoms with van der Waals surface area (Å²) in [4.78, 5) is 28.8. The van der Waals surface area contributed by atoms with Gasteiger partial charge in [-0.2, -0.15) is 0 Å². The molecule has 1 unspecified atom stereocenters. The Hall–Kier alpha value is -4.83. The Morgan fingerprint density at radius 2 is 0.770 bits per heavy atom. The van der Waals surface area contributed by atoms with Crippen LogP contribution < -0.4 is 0 Å². The van der Waals surface area contributed by atoms with E-state index in [1.165, 1.54) is 71.7 Å². The first kappa shape index (κ1) is 80.2. The van der Waals surface area contributed by atoms with E-state index in [2.05, 4.69) is 105 Å². The first-order valence-electron chi connectivity index (χ1n) is 28.8. The van der Waals surface area contributed by atoms with Crippen molar-refractivity contribution in [3.05, 3.63) is 202 Å². The van der Waals surface area contributed by atoms with Gasteiger partial charge in [0.15, 0.2) is 0 Å². The van der Waals surface area contributed by atoms with Crippen molar-refractivity contribution in [2.24, 2.45) is 0 Å². The van der Waals surface area contributed by atoms with Gasteiger partial charge in [0.2, 0.25) is 0 Å². The number of halogens is 6. The van der Waals surface area contributed by atoms with Crippen LogP contribution in [0.1, 0.15) is 129 Å². The molecule has 7 aromatic carbocycles. The smallest absolute Gasteiger partial charge is 0.142 e. The Morgan fingerprint density at radius 1 is 0.391 bits per heavy atom. The number of nitrogens with zero attached hydrogens (tertiary/aromatic N) is 7. The molecule has 87 heavy (non-hydrogen) atoms. The standard InChI is InChI=1S/C11H13NS.2C7H4BrNS.2C7H4ClNS.2C7H4FNS.7C2H6/c1-3-8(2)9-4-5-11-10(6-9)12-7-13-11;8-5-1-2-7-6(3-5)9-4-10-7;8-5-2-1-3-6-7(5)10-4-9-6;8-5-1-2-7-6(3-5)9-4-10-7;8-5-2-1-3-6-7(5)10-4-9-6;8-5-1-2-7-6(3-5)9-4-10-7;8-5-2-1-3-6-7(5)10-4-9-6;7*1-2/h4-8H,3H2,1-2H3;6*1-4H;7*1-2H3. The normalized spacial score (nSPS) is 9.72. The van der Waals surface area contributed by atoms with Crippen molar-refractivity contribution in [3.8, 4) is 0 Å². The van der Waals surface area contributed by atoms with Crippen LogP contribution in [0.25, 0.3) is 71.5 Å². The van der Waals surface area contributed by atoms with E-state index in [9.17, 15) is 8.78 Å². The number of fused-ring (bicyclic) bond motifs is 7. The monoisotopic (exact) mass is 1470 g/mol. The van der Waals surface area contributed by atoms with Gasteiger partial charge >= 0.3 is 0 Å².